The van der Waals surface area contributed by atoms with Crippen LogP contribution in [0.1, 0.15) is 40.2 Å². The summed E-state index contributed by atoms with van der Waals surface area (Å²) in [5.41, 5.74) is 4.16. The van der Waals surface area contributed by atoms with E-state index in [4.69, 9.17) is 0 Å². The Labute approximate surface area is 230 Å². The first kappa shape index (κ1) is 27.8. The molecule has 0 aliphatic heterocycles. The summed E-state index contributed by atoms with van der Waals surface area (Å²) in [5.74, 6) is -1.02. The molecule has 10 heteroatoms. The number of carboxylic acids is 1. The topological polar surface area (TPSA) is 121 Å². The predicted octanol–water partition coefficient (Wildman–Crippen LogP) is 4.78. The van der Waals surface area contributed by atoms with E-state index in [-0.39, 0.29) is 11.7 Å². The first-order valence-electron chi connectivity index (χ1n) is 12.1. The highest BCUT2D eigenvalue weighted by atomic mass is 79.9. The maximum Gasteiger partial charge on any atom is 0.352 e. The summed E-state index contributed by atoms with van der Waals surface area (Å²) in [6.07, 6.45) is 1.18. The van der Waals surface area contributed by atoms with Gasteiger partial charge in [-0.15, -0.1) is 0 Å². The van der Waals surface area contributed by atoms with Gasteiger partial charge in [0.15, 0.2) is 0 Å². The van der Waals surface area contributed by atoms with E-state index in [1.54, 1.807) is 34.9 Å². The molecule has 8 nitrogen and oxygen atoms in total. The van der Waals surface area contributed by atoms with Crippen LogP contribution in [-0.2, 0) is 23.0 Å². The van der Waals surface area contributed by atoms with Crippen LogP contribution in [0.4, 0.5) is 5.69 Å². The van der Waals surface area contributed by atoms with Crippen molar-refractivity contribution in [3.63, 3.8) is 0 Å². The van der Waals surface area contributed by atoms with Crippen LogP contribution in [0.15, 0.2) is 77.3 Å². The van der Waals surface area contributed by atoms with Gasteiger partial charge in [-0.25, -0.2) is 13.2 Å². The van der Waals surface area contributed by atoms with Crippen LogP contribution in [0.25, 0.3) is 10.9 Å². The molecule has 0 saturated carbocycles. The Balaban J connectivity index is 1.47. The van der Waals surface area contributed by atoms with Gasteiger partial charge in [0.2, 0.25) is 10.0 Å². The summed E-state index contributed by atoms with van der Waals surface area (Å²) < 4.78 is 28.0. The van der Waals surface area contributed by atoms with Crippen LogP contribution in [0, 0.1) is 0 Å². The molecule has 0 aliphatic rings. The van der Waals surface area contributed by atoms with Gasteiger partial charge in [0, 0.05) is 40.2 Å². The van der Waals surface area contributed by atoms with Crippen molar-refractivity contribution in [3.8, 4) is 0 Å². The lowest BCUT2D eigenvalue weighted by Crippen LogP contribution is -2.32. The smallest absolute Gasteiger partial charge is 0.352 e. The number of nitrogens with zero attached hydrogens (tertiary/aromatic N) is 1. The molecule has 0 bridgehead atoms. The molecule has 4 rings (SSSR count). The second-order valence-electron chi connectivity index (χ2n) is 9.47. The van der Waals surface area contributed by atoms with Gasteiger partial charge in [-0.3, -0.25) is 4.72 Å². The summed E-state index contributed by atoms with van der Waals surface area (Å²) in [6, 6.07) is 22.1. The number of rotatable bonds is 11. The minimum atomic E-state index is -3.37. The Morgan fingerprint density at radius 2 is 1.74 bits per heavy atom. The quantitative estimate of drug-likeness (QED) is 0.197. The lowest BCUT2D eigenvalue weighted by molar-refractivity contribution is 0.0686. The van der Waals surface area contributed by atoms with Crippen molar-refractivity contribution >= 4 is 48.5 Å². The molecular weight excluding hydrogens is 570 g/mol. The first-order chi connectivity index (χ1) is 18.0. The molecule has 0 radical (unpaired) electrons. The summed E-state index contributed by atoms with van der Waals surface area (Å²) in [4.78, 5) is 12.0. The lowest BCUT2D eigenvalue weighted by atomic mass is 10.0. The third kappa shape index (κ3) is 7.22. The van der Waals surface area contributed by atoms with Gasteiger partial charge in [0.05, 0.1) is 12.4 Å². The molecule has 0 saturated heterocycles. The van der Waals surface area contributed by atoms with E-state index in [2.05, 4.69) is 26.0 Å². The molecule has 4 N–H and O–H groups in total. The number of hydrogen-bond acceptors (Lipinski definition) is 5. The van der Waals surface area contributed by atoms with Gasteiger partial charge < -0.3 is 20.1 Å². The predicted molar refractivity (Wildman–Crippen MR) is 153 cm³/mol. The Hall–Kier alpha value is -3.18. The highest BCUT2D eigenvalue weighted by Crippen LogP contribution is 2.25. The molecule has 2 atom stereocenters. The average Bonchev–Trinajstić information content (AvgIpc) is 3.20. The largest absolute Gasteiger partial charge is 0.477 e. The number of benzene rings is 3. The van der Waals surface area contributed by atoms with E-state index in [1.807, 2.05) is 49.4 Å². The number of halogens is 1. The van der Waals surface area contributed by atoms with E-state index in [0.29, 0.717) is 25.2 Å². The number of aromatic nitrogens is 1. The number of aromatic carboxylic acids is 1. The number of carboxylic acid groups (broad SMARTS) is 1. The monoisotopic (exact) mass is 599 g/mol. The third-order valence-corrected chi connectivity index (χ3v) is 7.32. The molecule has 200 valence electrons. The van der Waals surface area contributed by atoms with Gasteiger partial charge in [0.25, 0.3) is 0 Å². The van der Waals surface area contributed by atoms with E-state index < -0.39 is 22.1 Å². The minimum Gasteiger partial charge on any atom is -0.477 e. The second-order valence-corrected chi connectivity index (χ2v) is 12.1. The SMILES string of the molecule is CC(Cc1ccc2c(c1)cc(C(=O)O)n2Cc1ccc(NS(C)(=O)=O)cc1)NCC(O)c1cccc(Br)c1. The molecule has 0 spiro atoms. The molecule has 3 aromatic carbocycles. The molecule has 0 amide bonds. The molecule has 38 heavy (non-hydrogen) atoms. The number of fused-ring (bicyclic) bond motifs is 1. The number of anilines is 1. The normalized spacial score (nSPS) is 13.4. The van der Waals surface area contributed by atoms with Gasteiger partial charge in [-0.05, 0) is 72.5 Å². The van der Waals surface area contributed by atoms with E-state index in [0.717, 1.165) is 38.3 Å². The standard InChI is InChI=1S/C28H30BrN3O5S/c1-18(30-16-27(33)21-4-3-5-23(29)14-21)12-20-8-11-25-22(13-20)15-26(28(34)35)32(25)17-19-6-9-24(10-7-19)31-38(2,36)37/h3-11,13-15,18,27,30-31,33H,12,16-17H2,1-2H3,(H,34,35). The third-order valence-electron chi connectivity index (χ3n) is 6.22. The molecular formula is C28H30BrN3O5S. The van der Waals surface area contributed by atoms with Gasteiger partial charge in [-0.2, -0.15) is 0 Å². The fourth-order valence-corrected chi connectivity index (χ4v) is 5.42. The van der Waals surface area contributed by atoms with Gasteiger partial charge in [0.1, 0.15) is 5.69 Å². The second kappa shape index (κ2) is 11.7. The fourth-order valence-electron chi connectivity index (χ4n) is 4.44. The maximum atomic E-state index is 12.0. The summed E-state index contributed by atoms with van der Waals surface area (Å²) >= 11 is 3.43. The molecule has 1 heterocycles. The summed E-state index contributed by atoms with van der Waals surface area (Å²) in [5, 5.41) is 24.5. The molecule has 4 aromatic rings. The van der Waals surface area contributed by atoms with Crippen molar-refractivity contribution < 1.29 is 23.4 Å². The first-order valence-corrected chi connectivity index (χ1v) is 14.8. The number of nitrogens with one attached hydrogen (secondary N) is 2. The van der Waals surface area contributed by atoms with Crippen molar-refractivity contribution in [2.24, 2.45) is 0 Å². The molecule has 0 aliphatic carbocycles. The van der Waals surface area contributed by atoms with Crippen LogP contribution >= 0.6 is 15.9 Å². The van der Waals surface area contributed by atoms with Crippen molar-refractivity contribution in [2.45, 2.75) is 32.0 Å². The Morgan fingerprint density at radius 1 is 1.03 bits per heavy atom. The number of hydrogen-bond donors (Lipinski definition) is 4. The zero-order valence-electron chi connectivity index (χ0n) is 21.1. The molecule has 2 unspecified atom stereocenters. The Morgan fingerprint density at radius 3 is 2.39 bits per heavy atom. The number of aliphatic hydroxyl groups excluding tert-OH is 1. The summed E-state index contributed by atoms with van der Waals surface area (Å²) in [6.45, 7) is 2.79. The maximum absolute atomic E-state index is 12.0. The van der Waals surface area contributed by atoms with Crippen molar-refractivity contribution in [1.29, 1.82) is 0 Å². The van der Waals surface area contributed by atoms with Crippen LogP contribution in [0.5, 0.6) is 0 Å². The number of carbonyl (C=O) groups is 1. The van der Waals surface area contributed by atoms with Crippen LogP contribution < -0.4 is 10.0 Å². The average molecular weight is 601 g/mol. The number of aliphatic hydroxyl groups is 1. The number of sulfonamides is 1. The van der Waals surface area contributed by atoms with Crippen LogP contribution in [-0.4, -0.2) is 48.0 Å². The summed E-state index contributed by atoms with van der Waals surface area (Å²) in [7, 11) is -3.37. The van der Waals surface area contributed by atoms with E-state index >= 15 is 0 Å². The zero-order chi connectivity index (χ0) is 27.4. The molecule has 0 fully saturated rings. The highest BCUT2D eigenvalue weighted by molar-refractivity contribution is 9.10. The van der Waals surface area contributed by atoms with Crippen LogP contribution in [0.3, 0.4) is 0 Å². The van der Waals surface area contributed by atoms with Gasteiger partial charge in [-0.1, -0.05) is 46.3 Å². The van der Waals surface area contributed by atoms with Crippen molar-refractivity contribution in [3.05, 3.63) is 99.7 Å². The van der Waals surface area contributed by atoms with Crippen molar-refractivity contribution in [1.82, 2.24) is 9.88 Å². The van der Waals surface area contributed by atoms with Crippen molar-refractivity contribution in [2.75, 3.05) is 17.5 Å². The minimum absolute atomic E-state index is 0.0920. The Bertz CT molecular complexity index is 1550. The fraction of sp³-hybridized carbons (Fsp3) is 0.250. The highest BCUT2D eigenvalue weighted by Gasteiger charge is 2.17. The zero-order valence-corrected chi connectivity index (χ0v) is 23.5. The Kier molecular flexibility index (Phi) is 8.57. The molecule has 1 aromatic heterocycles. The van der Waals surface area contributed by atoms with Gasteiger partial charge >= 0.3 is 5.97 Å². The van der Waals surface area contributed by atoms with E-state index in [1.165, 1.54) is 0 Å². The lowest BCUT2D eigenvalue weighted by Gasteiger charge is -2.18. The van der Waals surface area contributed by atoms with Crippen LogP contribution in [0.2, 0.25) is 0 Å². The van der Waals surface area contributed by atoms with E-state index in [9.17, 15) is 23.4 Å².